The third-order valence-corrected chi connectivity index (χ3v) is 3.92. The van der Waals surface area contributed by atoms with Crippen molar-refractivity contribution in [1.29, 1.82) is 0 Å². The predicted octanol–water partition coefficient (Wildman–Crippen LogP) is 0.0237. The second kappa shape index (κ2) is 5.84. The number of aliphatic carboxylic acids is 1. The van der Waals surface area contributed by atoms with Gasteiger partial charge in [0.2, 0.25) is 10.0 Å². The van der Waals surface area contributed by atoms with Crippen LogP contribution < -0.4 is 9.62 Å². The molecule has 110 valence electrons. The summed E-state index contributed by atoms with van der Waals surface area (Å²) in [5.41, 5.74) is -0.461. The van der Waals surface area contributed by atoms with E-state index in [0.717, 1.165) is 11.0 Å². The first-order valence-corrected chi connectivity index (χ1v) is 6.82. The maximum atomic E-state index is 11.6. The molecule has 0 aliphatic carbocycles. The van der Waals surface area contributed by atoms with Crippen molar-refractivity contribution in [1.82, 2.24) is 4.72 Å². The van der Waals surface area contributed by atoms with Crippen molar-refractivity contribution in [2.75, 3.05) is 25.5 Å². The largest absolute Gasteiger partial charge is 0.480 e. The molecule has 10 heteroatoms. The average molecular weight is 303 g/mol. The van der Waals surface area contributed by atoms with E-state index in [1.54, 1.807) is 0 Å². The first kappa shape index (κ1) is 15.9. The van der Waals surface area contributed by atoms with Gasteiger partial charge >= 0.3 is 5.97 Å². The number of hydrogen-bond acceptors (Lipinski definition) is 6. The molecule has 1 aromatic carbocycles. The molecule has 0 aliphatic rings. The lowest BCUT2D eigenvalue weighted by molar-refractivity contribution is -0.384. The van der Waals surface area contributed by atoms with Crippen LogP contribution in [0.5, 0.6) is 0 Å². The summed E-state index contributed by atoms with van der Waals surface area (Å²) in [7, 11) is -1.26. The number of nitrogens with zero attached hydrogens (tertiary/aromatic N) is 2. The van der Waals surface area contributed by atoms with E-state index in [2.05, 4.69) is 0 Å². The molecule has 20 heavy (non-hydrogen) atoms. The van der Waals surface area contributed by atoms with E-state index in [9.17, 15) is 23.3 Å². The third kappa shape index (κ3) is 3.42. The van der Waals surface area contributed by atoms with Crippen LogP contribution in [-0.2, 0) is 14.8 Å². The zero-order chi connectivity index (χ0) is 15.5. The zero-order valence-corrected chi connectivity index (χ0v) is 11.5. The number of sulfonamides is 1. The highest BCUT2D eigenvalue weighted by molar-refractivity contribution is 7.89. The van der Waals surface area contributed by atoms with Crippen LogP contribution in [0.4, 0.5) is 11.4 Å². The molecule has 0 fully saturated rings. The van der Waals surface area contributed by atoms with Gasteiger partial charge in [-0.25, -0.2) is 13.1 Å². The van der Waals surface area contributed by atoms with Crippen molar-refractivity contribution in [2.45, 2.75) is 4.90 Å². The quantitative estimate of drug-likeness (QED) is 0.559. The first-order valence-electron chi connectivity index (χ1n) is 5.34. The van der Waals surface area contributed by atoms with Gasteiger partial charge in [0.05, 0.1) is 9.82 Å². The standard InChI is InChI=1S/C10H13N3O6S/c1-11-20(18,19)7-3-4-8(9(5-7)13(16)17)12(2)6-10(14)15/h3-5,11H,6H2,1-2H3,(H,14,15). The molecule has 1 rings (SSSR count). The lowest BCUT2D eigenvalue weighted by Crippen LogP contribution is -2.26. The van der Waals surface area contributed by atoms with E-state index in [-0.39, 0.29) is 10.6 Å². The number of carbonyl (C=O) groups is 1. The number of nitrogens with one attached hydrogen (secondary N) is 1. The van der Waals surface area contributed by atoms with Gasteiger partial charge in [-0.2, -0.15) is 0 Å². The van der Waals surface area contributed by atoms with Crippen molar-refractivity contribution in [3.8, 4) is 0 Å². The Balaban J connectivity index is 3.35. The molecule has 1 aromatic rings. The van der Waals surface area contributed by atoms with Gasteiger partial charge in [-0.15, -0.1) is 0 Å². The van der Waals surface area contributed by atoms with Crippen LogP contribution >= 0.6 is 0 Å². The van der Waals surface area contributed by atoms with Gasteiger partial charge in [0, 0.05) is 13.1 Å². The monoisotopic (exact) mass is 303 g/mol. The molecule has 0 spiro atoms. The highest BCUT2D eigenvalue weighted by Gasteiger charge is 2.23. The fourth-order valence-corrected chi connectivity index (χ4v) is 2.30. The van der Waals surface area contributed by atoms with Gasteiger partial charge in [-0.3, -0.25) is 14.9 Å². The Morgan fingerprint density at radius 1 is 1.50 bits per heavy atom. The highest BCUT2D eigenvalue weighted by atomic mass is 32.2. The maximum Gasteiger partial charge on any atom is 0.323 e. The summed E-state index contributed by atoms with van der Waals surface area (Å²) in [6.45, 7) is -0.445. The SMILES string of the molecule is CNS(=O)(=O)c1ccc(N(C)CC(=O)O)c([N+](=O)[O-])c1. The number of carboxylic acid groups (broad SMARTS) is 1. The molecule has 0 saturated carbocycles. The minimum absolute atomic E-state index is 0.0208. The molecule has 2 N–H and O–H groups in total. The van der Waals surface area contributed by atoms with E-state index in [0.29, 0.717) is 0 Å². The van der Waals surface area contributed by atoms with Crippen LogP contribution in [0.2, 0.25) is 0 Å². The number of anilines is 1. The van der Waals surface area contributed by atoms with Crippen LogP contribution in [0.25, 0.3) is 0 Å². The number of nitro groups is 1. The molecule has 0 aromatic heterocycles. The Hall–Kier alpha value is -2.20. The lowest BCUT2D eigenvalue weighted by atomic mass is 10.2. The number of benzene rings is 1. The van der Waals surface area contributed by atoms with E-state index in [1.165, 1.54) is 26.2 Å². The Bertz CT molecular complexity index is 642. The van der Waals surface area contributed by atoms with Crippen molar-refractivity contribution >= 4 is 27.4 Å². The molecule has 9 nitrogen and oxygen atoms in total. The maximum absolute atomic E-state index is 11.6. The van der Waals surface area contributed by atoms with Crippen molar-refractivity contribution in [3.05, 3.63) is 28.3 Å². The molecule has 0 heterocycles. The van der Waals surface area contributed by atoms with Crippen molar-refractivity contribution < 1.29 is 23.2 Å². The van der Waals surface area contributed by atoms with Crippen molar-refractivity contribution in [3.63, 3.8) is 0 Å². The van der Waals surface area contributed by atoms with Crippen LogP contribution in [0.15, 0.2) is 23.1 Å². The smallest absolute Gasteiger partial charge is 0.323 e. The number of rotatable bonds is 6. The van der Waals surface area contributed by atoms with Crippen LogP contribution in [0, 0.1) is 10.1 Å². The van der Waals surface area contributed by atoms with Gasteiger partial charge < -0.3 is 10.0 Å². The minimum atomic E-state index is -3.81. The van der Waals surface area contributed by atoms with Crippen molar-refractivity contribution in [2.24, 2.45) is 0 Å². The number of nitro benzene ring substituents is 1. The Kier molecular flexibility index (Phi) is 4.63. The fourth-order valence-electron chi connectivity index (χ4n) is 1.55. The molecule has 0 aliphatic heterocycles. The number of likely N-dealkylation sites (N-methyl/N-ethyl adjacent to an activating group) is 1. The molecule has 0 radical (unpaired) electrons. The second-order valence-corrected chi connectivity index (χ2v) is 5.75. The molecule has 0 amide bonds. The Labute approximate surface area is 115 Å². The summed E-state index contributed by atoms with van der Waals surface area (Å²) in [6, 6.07) is 3.26. The Morgan fingerprint density at radius 3 is 2.55 bits per heavy atom. The second-order valence-electron chi connectivity index (χ2n) is 3.86. The summed E-state index contributed by atoms with van der Waals surface area (Å²) in [5, 5.41) is 19.7. The van der Waals surface area contributed by atoms with Crippen LogP contribution in [-0.4, -0.2) is 45.1 Å². The van der Waals surface area contributed by atoms with E-state index in [1.807, 2.05) is 4.72 Å². The van der Waals surface area contributed by atoms with Crippen LogP contribution in [0.3, 0.4) is 0 Å². The van der Waals surface area contributed by atoms with Gasteiger partial charge in [0.15, 0.2) is 0 Å². The fraction of sp³-hybridized carbons (Fsp3) is 0.300. The predicted molar refractivity (Wildman–Crippen MR) is 70.2 cm³/mol. The lowest BCUT2D eigenvalue weighted by Gasteiger charge is -2.17. The normalized spacial score (nSPS) is 11.1. The molecule has 0 saturated heterocycles. The first-order chi connectivity index (χ1) is 9.19. The Morgan fingerprint density at radius 2 is 2.10 bits per heavy atom. The van der Waals surface area contributed by atoms with Crippen LogP contribution in [0.1, 0.15) is 0 Å². The highest BCUT2D eigenvalue weighted by Crippen LogP contribution is 2.29. The van der Waals surface area contributed by atoms with Gasteiger partial charge in [-0.05, 0) is 19.2 Å². The number of hydrogen-bond donors (Lipinski definition) is 2. The topological polar surface area (TPSA) is 130 Å². The minimum Gasteiger partial charge on any atom is -0.480 e. The zero-order valence-electron chi connectivity index (χ0n) is 10.7. The molecular formula is C10H13N3O6S. The number of carboxylic acids is 1. The van der Waals surface area contributed by atoms with E-state index >= 15 is 0 Å². The van der Waals surface area contributed by atoms with E-state index in [4.69, 9.17) is 5.11 Å². The van der Waals surface area contributed by atoms with Gasteiger partial charge in [0.25, 0.3) is 5.69 Å². The van der Waals surface area contributed by atoms with Gasteiger partial charge in [0.1, 0.15) is 12.2 Å². The average Bonchev–Trinajstić information content (AvgIpc) is 2.37. The summed E-state index contributed by atoms with van der Waals surface area (Å²) in [6.07, 6.45) is 0. The summed E-state index contributed by atoms with van der Waals surface area (Å²) in [5.74, 6) is -1.16. The summed E-state index contributed by atoms with van der Waals surface area (Å²) < 4.78 is 25.2. The third-order valence-electron chi connectivity index (χ3n) is 2.51. The molecule has 0 atom stereocenters. The molecule has 0 bridgehead atoms. The van der Waals surface area contributed by atoms with E-state index < -0.39 is 33.1 Å². The van der Waals surface area contributed by atoms with Gasteiger partial charge in [-0.1, -0.05) is 0 Å². The molecular weight excluding hydrogens is 290 g/mol. The molecule has 0 unspecified atom stereocenters. The summed E-state index contributed by atoms with van der Waals surface area (Å²) in [4.78, 5) is 21.7. The summed E-state index contributed by atoms with van der Waals surface area (Å²) >= 11 is 0.